The average molecular weight is 655 g/mol. The molecular formula is C46H70O2. The second kappa shape index (κ2) is 25.7. The van der Waals surface area contributed by atoms with Gasteiger partial charge in [0.1, 0.15) is 0 Å². The van der Waals surface area contributed by atoms with Crippen molar-refractivity contribution in [3.05, 3.63) is 117 Å². The summed E-state index contributed by atoms with van der Waals surface area (Å²) >= 11 is 0. The van der Waals surface area contributed by atoms with Gasteiger partial charge in [0.15, 0.2) is 11.6 Å². The Bertz CT molecular complexity index is 1340. The molecule has 0 aromatic carbocycles. The first-order valence-electron chi connectivity index (χ1n) is 18.5. The SMILES string of the molecule is C=C1C(=C)C(=O)C(C/C=C(\C)CC/C=C(\C)CC/C=C(\C)CC/C=C(\C)CC/C=C(\C)CC/C=C(\C)CCC=C(C)C)=C(C)C1=O.CC. The van der Waals surface area contributed by atoms with E-state index in [0.717, 1.165) is 70.6 Å². The highest BCUT2D eigenvalue weighted by Gasteiger charge is 2.29. The summed E-state index contributed by atoms with van der Waals surface area (Å²) in [5.41, 5.74) is 11.6. The zero-order valence-corrected chi connectivity index (χ0v) is 33.0. The highest BCUT2D eigenvalue weighted by molar-refractivity contribution is 6.28. The van der Waals surface area contributed by atoms with E-state index in [9.17, 15) is 9.59 Å². The number of allylic oxidation sites excluding steroid dienone is 18. The van der Waals surface area contributed by atoms with E-state index >= 15 is 0 Å². The summed E-state index contributed by atoms with van der Waals surface area (Å²) in [5.74, 6) is -0.310. The lowest BCUT2D eigenvalue weighted by atomic mass is 9.82. The molecule has 1 aliphatic carbocycles. The molecule has 1 aliphatic rings. The predicted octanol–water partition coefficient (Wildman–Crippen LogP) is 14.3. The monoisotopic (exact) mass is 655 g/mol. The van der Waals surface area contributed by atoms with E-state index in [1.807, 2.05) is 13.8 Å². The van der Waals surface area contributed by atoms with E-state index in [1.165, 1.54) is 45.4 Å². The molecule has 266 valence electrons. The molecule has 0 saturated heterocycles. The Balaban J connectivity index is 0.0000108. The molecule has 0 unspecified atom stereocenters. The molecule has 0 N–H and O–H groups in total. The molecule has 1 rings (SSSR count). The molecule has 2 heteroatoms. The fourth-order valence-corrected chi connectivity index (χ4v) is 5.44. The van der Waals surface area contributed by atoms with Gasteiger partial charge >= 0.3 is 0 Å². The van der Waals surface area contributed by atoms with Crippen LogP contribution in [0.3, 0.4) is 0 Å². The fourth-order valence-electron chi connectivity index (χ4n) is 5.44. The van der Waals surface area contributed by atoms with Crippen LogP contribution in [0.2, 0.25) is 0 Å². The zero-order valence-electron chi connectivity index (χ0n) is 33.0. The van der Waals surface area contributed by atoms with E-state index in [-0.39, 0.29) is 22.7 Å². The topological polar surface area (TPSA) is 34.1 Å². The van der Waals surface area contributed by atoms with Crippen molar-refractivity contribution in [2.75, 3.05) is 0 Å². The summed E-state index contributed by atoms with van der Waals surface area (Å²) in [6, 6.07) is 0. The van der Waals surface area contributed by atoms with Gasteiger partial charge in [0.25, 0.3) is 0 Å². The molecule has 0 aromatic rings. The molecule has 0 bridgehead atoms. The molecule has 0 saturated carbocycles. The van der Waals surface area contributed by atoms with Crippen molar-refractivity contribution in [3.63, 3.8) is 0 Å². The highest BCUT2D eigenvalue weighted by Crippen LogP contribution is 2.28. The molecule has 0 amide bonds. The van der Waals surface area contributed by atoms with Crippen LogP contribution in [0, 0.1) is 0 Å². The van der Waals surface area contributed by atoms with Crippen molar-refractivity contribution < 1.29 is 9.59 Å². The number of hydrogen-bond donors (Lipinski definition) is 0. The van der Waals surface area contributed by atoms with Gasteiger partial charge in [-0.3, -0.25) is 9.59 Å². The highest BCUT2D eigenvalue weighted by atomic mass is 16.1. The molecule has 0 heterocycles. The van der Waals surface area contributed by atoms with Gasteiger partial charge < -0.3 is 0 Å². The minimum Gasteiger partial charge on any atom is -0.289 e. The Morgan fingerprint density at radius 2 is 0.729 bits per heavy atom. The lowest BCUT2D eigenvalue weighted by Crippen LogP contribution is -2.22. The molecule has 0 spiro atoms. The van der Waals surface area contributed by atoms with Crippen molar-refractivity contribution >= 4 is 11.6 Å². The number of hydrogen-bond acceptors (Lipinski definition) is 2. The van der Waals surface area contributed by atoms with Gasteiger partial charge in [-0.2, -0.15) is 0 Å². The lowest BCUT2D eigenvalue weighted by molar-refractivity contribution is -0.116. The second-order valence-electron chi connectivity index (χ2n) is 13.7. The molecule has 2 nitrogen and oxygen atoms in total. The first-order chi connectivity index (χ1) is 22.7. The third-order valence-corrected chi connectivity index (χ3v) is 8.88. The number of ketones is 2. The first kappa shape index (κ1) is 44.7. The molecular weight excluding hydrogens is 585 g/mol. The smallest absolute Gasteiger partial charge is 0.189 e. The summed E-state index contributed by atoms with van der Waals surface area (Å²) in [4.78, 5) is 24.9. The molecule has 0 atom stereocenters. The van der Waals surface area contributed by atoms with E-state index in [1.54, 1.807) is 6.92 Å². The molecule has 0 fully saturated rings. The van der Waals surface area contributed by atoms with Crippen LogP contribution >= 0.6 is 0 Å². The maximum absolute atomic E-state index is 12.6. The summed E-state index contributed by atoms with van der Waals surface area (Å²) < 4.78 is 0. The Kier molecular flexibility index (Phi) is 24.0. The van der Waals surface area contributed by atoms with Crippen molar-refractivity contribution in [1.29, 1.82) is 0 Å². The molecule has 0 aromatic heterocycles. The normalized spacial score (nSPS) is 15.6. The van der Waals surface area contributed by atoms with Crippen molar-refractivity contribution in [3.8, 4) is 0 Å². The maximum atomic E-state index is 12.6. The quantitative estimate of drug-likeness (QED) is 0.0967. The van der Waals surface area contributed by atoms with Crippen LogP contribution in [0.5, 0.6) is 0 Å². The summed E-state index contributed by atoms with van der Waals surface area (Å²) in [6.45, 7) is 30.9. The van der Waals surface area contributed by atoms with Crippen LogP contribution < -0.4 is 0 Å². The largest absolute Gasteiger partial charge is 0.289 e. The van der Waals surface area contributed by atoms with Crippen LogP contribution in [-0.4, -0.2) is 11.6 Å². The Morgan fingerprint density at radius 3 is 1.04 bits per heavy atom. The number of carbonyl (C=O) groups excluding carboxylic acids is 2. The van der Waals surface area contributed by atoms with Gasteiger partial charge in [-0.05, 0) is 146 Å². The lowest BCUT2D eigenvalue weighted by Gasteiger charge is -2.18. The van der Waals surface area contributed by atoms with Crippen LogP contribution in [-0.2, 0) is 9.59 Å². The molecule has 0 aliphatic heterocycles. The van der Waals surface area contributed by atoms with Crippen LogP contribution in [0.15, 0.2) is 117 Å². The number of rotatable bonds is 20. The third kappa shape index (κ3) is 19.5. The van der Waals surface area contributed by atoms with Crippen molar-refractivity contribution in [2.24, 2.45) is 0 Å². The predicted molar refractivity (Wildman–Crippen MR) is 214 cm³/mol. The first-order valence-corrected chi connectivity index (χ1v) is 18.5. The van der Waals surface area contributed by atoms with Crippen molar-refractivity contribution in [1.82, 2.24) is 0 Å². The Labute approximate surface area is 297 Å². The van der Waals surface area contributed by atoms with Gasteiger partial charge in [0, 0.05) is 22.3 Å². The molecule has 0 radical (unpaired) electrons. The van der Waals surface area contributed by atoms with Gasteiger partial charge in [0.05, 0.1) is 0 Å². The van der Waals surface area contributed by atoms with Gasteiger partial charge in [-0.15, -0.1) is 0 Å². The van der Waals surface area contributed by atoms with Crippen LogP contribution in [0.1, 0.15) is 160 Å². The Morgan fingerprint density at radius 1 is 0.458 bits per heavy atom. The number of Topliss-reactive ketones (excluding diaryl/α,β-unsaturated/α-hetero) is 2. The number of carbonyl (C=O) groups is 2. The van der Waals surface area contributed by atoms with Gasteiger partial charge in [-0.1, -0.05) is 109 Å². The van der Waals surface area contributed by atoms with E-state index < -0.39 is 0 Å². The minimum absolute atomic E-state index is 0.148. The van der Waals surface area contributed by atoms with E-state index in [4.69, 9.17) is 0 Å². The minimum atomic E-state index is -0.162. The maximum Gasteiger partial charge on any atom is 0.189 e. The summed E-state index contributed by atoms with van der Waals surface area (Å²) in [7, 11) is 0. The van der Waals surface area contributed by atoms with E-state index in [0.29, 0.717) is 17.6 Å². The summed E-state index contributed by atoms with van der Waals surface area (Å²) in [5, 5.41) is 0. The summed E-state index contributed by atoms with van der Waals surface area (Å²) in [6.07, 6.45) is 30.2. The third-order valence-electron chi connectivity index (χ3n) is 8.88. The second-order valence-corrected chi connectivity index (χ2v) is 13.7. The van der Waals surface area contributed by atoms with Crippen LogP contribution in [0.25, 0.3) is 0 Å². The van der Waals surface area contributed by atoms with Crippen molar-refractivity contribution in [2.45, 2.75) is 160 Å². The average Bonchev–Trinajstić information content (AvgIpc) is 3.03. The van der Waals surface area contributed by atoms with E-state index in [2.05, 4.69) is 111 Å². The Hall–Kier alpha value is -3.26. The van der Waals surface area contributed by atoms with Gasteiger partial charge in [0.2, 0.25) is 0 Å². The van der Waals surface area contributed by atoms with Gasteiger partial charge in [-0.25, -0.2) is 0 Å². The fraction of sp³-hybridized carbons (Fsp3) is 0.522. The standard InChI is InChI=1S/C44H64O2.C2H6/c1-32(2)18-12-19-33(3)20-13-21-34(4)22-14-23-35(5)24-15-25-36(6)26-16-27-37(7)28-17-29-38(8)30-31-42-41(11)43(45)39(9)40(10)44(42)46;1-2/h18,20,22,24,26,28,30H,9-10,12-17,19,21,23,25,27,29,31H2,1-8,11H3;1-2H3/b33-20+,34-22+,35-24+,36-26+,37-28+,38-30+;. The van der Waals surface area contributed by atoms with Crippen LogP contribution in [0.4, 0.5) is 0 Å². The molecule has 48 heavy (non-hydrogen) atoms. The zero-order chi connectivity index (χ0) is 36.6.